The number of fused-ring (bicyclic) bond motifs is 2. The van der Waals surface area contributed by atoms with E-state index in [9.17, 15) is 13.0 Å². The molecule has 0 atom stereocenters. The number of hydrogen-bond donors (Lipinski definition) is 1. The first-order chi connectivity index (χ1) is 15.4. The Morgan fingerprint density at radius 3 is 1.97 bits per heavy atom. The fourth-order valence-electron chi connectivity index (χ4n) is 4.59. The molecule has 0 aromatic heterocycles. The quantitative estimate of drug-likeness (QED) is 0.129. The molecule has 0 fully saturated rings. The van der Waals surface area contributed by atoms with E-state index in [4.69, 9.17) is 8.37 Å². The lowest BCUT2D eigenvalue weighted by Gasteiger charge is -2.20. The summed E-state index contributed by atoms with van der Waals surface area (Å²) >= 11 is 0.261. The molecule has 5 nitrogen and oxygen atoms in total. The summed E-state index contributed by atoms with van der Waals surface area (Å²) in [6.07, 6.45) is 4.44. The van der Waals surface area contributed by atoms with Gasteiger partial charge in [0.1, 0.15) is 0 Å². The zero-order valence-electron chi connectivity index (χ0n) is 17.1. The van der Waals surface area contributed by atoms with Crippen molar-refractivity contribution in [2.24, 2.45) is 0 Å². The van der Waals surface area contributed by atoms with Gasteiger partial charge in [0.15, 0.2) is 11.5 Å². The zero-order chi connectivity index (χ0) is 22.6. The van der Waals surface area contributed by atoms with Gasteiger partial charge in [0.05, 0.1) is 6.26 Å². The Kier molecular flexibility index (Phi) is 4.78. The molecule has 5 rings (SSSR count). The summed E-state index contributed by atoms with van der Waals surface area (Å²) in [7, 11) is -3.77. The molecule has 0 aliphatic carbocycles. The fraction of sp³-hybridized carbons (Fsp3) is 0.0400. The lowest BCUT2D eigenvalue weighted by Crippen LogP contribution is -2.07. The van der Waals surface area contributed by atoms with Crippen molar-refractivity contribution in [3.63, 3.8) is 0 Å². The van der Waals surface area contributed by atoms with Crippen LogP contribution in [-0.4, -0.2) is 19.2 Å². The normalized spacial score (nSPS) is 12.1. The minimum Gasteiger partial charge on any atom is -0.399 e. The van der Waals surface area contributed by atoms with Crippen molar-refractivity contribution in [1.82, 2.24) is 0 Å². The topological polar surface area (TPSA) is 72.8 Å². The fourth-order valence-corrected chi connectivity index (χ4v) is 5.32. The van der Waals surface area contributed by atoms with Crippen LogP contribution in [0.25, 0.3) is 55.2 Å². The lowest BCUT2D eigenvalue weighted by atomic mass is 9.86. The van der Waals surface area contributed by atoms with Gasteiger partial charge in [0.25, 0.3) is 0 Å². The van der Waals surface area contributed by atoms with Crippen LogP contribution in [-0.2, 0) is 10.1 Å². The number of rotatable bonds is 6. The Labute approximate surface area is 189 Å². The average Bonchev–Trinajstić information content (AvgIpc) is 2.78. The van der Waals surface area contributed by atoms with Gasteiger partial charge >= 0.3 is 10.1 Å². The van der Waals surface area contributed by atoms with Gasteiger partial charge in [0.2, 0.25) is 12.3 Å². The molecule has 5 aromatic carbocycles. The third-order valence-electron chi connectivity index (χ3n) is 5.70. The van der Waals surface area contributed by atoms with Crippen molar-refractivity contribution < 1.29 is 21.3 Å². The van der Waals surface area contributed by atoms with Crippen LogP contribution < -0.4 is 8.37 Å². The molecule has 0 saturated carbocycles. The second-order valence-electron chi connectivity index (χ2n) is 7.46. The highest BCUT2D eigenvalue weighted by Gasteiger charge is 2.23. The Bertz CT molecular complexity index is 1670. The van der Waals surface area contributed by atoms with Crippen LogP contribution in [0.1, 0.15) is 11.1 Å². The maximum atomic E-state index is 12.1. The predicted octanol–water partition coefficient (Wildman–Crippen LogP) is 6.86. The molecule has 0 aliphatic heterocycles. The lowest BCUT2D eigenvalue weighted by molar-refractivity contribution is 0.498. The smallest absolute Gasteiger partial charge is 0.306 e. The van der Waals surface area contributed by atoms with Crippen LogP contribution >= 0.6 is 12.3 Å². The van der Waals surface area contributed by atoms with Crippen LogP contribution in [0.2, 0.25) is 0 Å². The molecule has 0 spiro atoms. The minimum absolute atomic E-state index is 0.261. The van der Waals surface area contributed by atoms with Crippen molar-refractivity contribution in [2.75, 3.05) is 6.26 Å². The van der Waals surface area contributed by atoms with Crippen LogP contribution in [0.5, 0.6) is 11.5 Å². The molecule has 5 aromatic rings. The van der Waals surface area contributed by atoms with Crippen LogP contribution in [0.4, 0.5) is 0 Å². The van der Waals surface area contributed by atoms with Gasteiger partial charge < -0.3 is 8.37 Å². The summed E-state index contributed by atoms with van der Waals surface area (Å²) in [5.41, 5.74) is 1.52. The molecule has 0 heterocycles. The number of hydrogen-bond acceptors (Lipinski definition) is 6. The summed E-state index contributed by atoms with van der Waals surface area (Å²) in [6, 6.07) is 15.3. The monoisotopic (exact) mass is 462 g/mol. The molecule has 0 aliphatic rings. The van der Waals surface area contributed by atoms with E-state index in [-0.39, 0.29) is 18.1 Å². The molecule has 0 radical (unpaired) electrons. The Morgan fingerprint density at radius 2 is 1.34 bits per heavy atom. The first kappa shape index (κ1) is 20.6. The van der Waals surface area contributed by atoms with Gasteiger partial charge in [0, 0.05) is 32.5 Å². The van der Waals surface area contributed by atoms with Crippen molar-refractivity contribution in [3.05, 3.63) is 72.8 Å². The van der Waals surface area contributed by atoms with Crippen molar-refractivity contribution >= 4 is 77.7 Å². The third kappa shape index (κ3) is 2.93. The maximum absolute atomic E-state index is 12.1. The third-order valence-corrected chi connectivity index (χ3v) is 6.41. The van der Waals surface area contributed by atoms with E-state index in [1.165, 1.54) is 0 Å². The van der Waals surface area contributed by atoms with E-state index in [0.717, 1.165) is 44.1 Å². The highest BCUT2D eigenvalue weighted by atomic mass is 32.2. The van der Waals surface area contributed by atoms with Gasteiger partial charge in [-0.1, -0.05) is 61.7 Å². The molecule has 0 saturated heterocycles. The van der Waals surface area contributed by atoms with Crippen LogP contribution in [0.3, 0.4) is 0 Å². The summed E-state index contributed by atoms with van der Waals surface area (Å²) in [5, 5.41) is 6.61. The van der Waals surface area contributed by atoms with E-state index in [0.29, 0.717) is 22.1 Å². The van der Waals surface area contributed by atoms with Gasteiger partial charge in [-0.3, -0.25) is 4.55 Å². The maximum Gasteiger partial charge on any atom is 0.306 e. The molecule has 7 heteroatoms. The first-order valence-electron chi connectivity index (χ1n) is 9.71. The van der Waals surface area contributed by atoms with Crippen molar-refractivity contribution in [3.8, 4) is 11.5 Å². The molecule has 0 unspecified atom stereocenters. The van der Waals surface area contributed by atoms with E-state index >= 15 is 0 Å². The first-order valence-corrected chi connectivity index (χ1v) is 12.2. The second kappa shape index (κ2) is 7.41. The van der Waals surface area contributed by atoms with E-state index < -0.39 is 10.1 Å². The largest absolute Gasteiger partial charge is 0.399 e. The predicted molar refractivity (Wildman–Crippen MR) is 134 cm³/mol. The standard InChI is InChI=1S/C25H18O5S2/c1-4-14-15(5-2)24(29-31-26)20-12-11-18-16-8-6-7-9-19(16)25(30-32(3,27)28)21-13-10-17(14)22(20)23(18)21/h4-13,26H,1-2H2,3H3. The Morgan fingerprint density at radius 1 is 0.781 bits per heavy atom. The summed E-state index contributed by atoms with van der Waals surface area (Å²) in [6.45, 7) is 7.87. The van der Waals surface area contributed by atoms with E-state index in [1.54, 1.807) is 12.2 Å². The Hall–Kier alpha value is -3.26. The van der Waals surface area contributed by atoms with Crippen molar-refractivity contribution in [2.45, 2.75) is 0 Å². The molecule has 0 amide bonds. The highest BCUT2D eigenvalue weighted by Crippen LogP contribution is 2.49. The Balaban J connectivity index is 2.11. The van der Waals surface area contributed by atoms with Gasteiger partial charge in [-0.25, -0.2) is 0 Å². The van der Waals surface area contributed by atoms with Gasteiger partial charge in [-0.05, 0) is 33.9 Å². The van der Waals surface area contributed by atoms with Crippen molar-refractivity contribution in [1.29, 1.82) is 0 Å². The van der Waals surface area contributed by atoms with E-state index in [1.807, 2.05) is 48.5 Å². The second-order valence-corrected chi connectivity index (χ2v) is 9.35. The molecular formula is C25H18O5S2. The summed E-state index contributed by atoms with van der Waals surface area (Å²) in [5.74, 6) is 0.750. The molecule has 1 N–H and O–H groups in total. The van der Waals surface area contributed by atoms with Crippen LogP contribution in [0, 0.1) is 0 Å². The molecular weight excluding hydrogens is 444 g/mol. The SMILES string of the molecule is C=Cc1c(C=C)c2ccc3c(OS(C)(=O)=O)c4ccccc4c4ccc(c1OSO)c2c34. The molecule has 160 valence electrons. The summed E-state index contributed by atoms with van der Waals surface area (Å²) in [4.78, 5) is 0. The van der Waals surface area contributed by atoms with E-state index in [2.05, 4.69) is 13.2 Å². The highest BCUT2D eigenvalue weighted by molar-refractivity contribution is 7.89. The summed E-state index contributed by atoms with van der Waals surface area (Å²) < 4.78 is 44.8. The average molecular weight is 463 g/mol. The van der Waals surface area contributed by atoms with Gasteiger partial charge in [-0.15, -0.1) is 0 Å². The zero-order valence-corrected chi connectivity index (χ0v) is 18.7. The van der Waals surface area contributed by atoms with Gasteiger partial charge in [-0.2, -0.15) is 8.42 Å². The van der Waals surface area contributed by atoms with Crippen LogP contribution in [0.15, 0.2) is 61.7 Å². The molecule has 32 heavy (non-hydrogen) atoms. The number of benzene rings is 5. The minimum atomic E-state index is -3.77. The molecule has 0 bridgehead atoms.